The normalized spacial score (nSPS) is 11.8. The van der Waals surface area contributed by atoms with Gasteiger partial charge in [0, 0.05) is 17.6 Å². The van der Waals surface area contributed by atoms with Crippen LogP contribution in [-0.2, 0) is 9.53 Å². The number of hydrogen-bond acceptors (Lipinski definition) is 4. The van der Waals surface area contributed by atoms with E-state index in [2.05, 4.69) is 10.1 Å². The van der Waals surface area contributed by atoms with Gasteiger partial charge in [0.05, 0.1) is 25.8 Å². The minimum Gasteiger partial charge on any atom is -0.495 e. The van der Waals surface area contributed by atoms with E-state index in [-0.39, 0.29) is 11.9 Å². The summed E-state index contributed by atoms with van der Waals surface area (Å²) in [6, 6.07) is 3.65. The van der Waals surface area contributed by atoms with Gasteiger partial charge in [0.2, 0.25) is 0 Å². The average Bonchev–Trinajstić information content (AvgIpc) is 2.38. The third-order valence-electron chi connectivity index (χ3n) is 2.68. The standard InChI is InChI=1S/C13H18ClNO3/c1-8-5-11(12(17-3)6-10(8)14)15-7-9(2)13(16)18-4/h5-6,9,15H,7H2,1-4H3. The van der Waals surface area contributed by atoms with Crippen molar-refractivity contribution in [2.24, 2.45) is 5.92 Å². The molecule has 0 amide bonds. The zero-order chi connectivity index (χ0) is 13.7. The van der Waals surface area contributed by atoms with Gasteiger partial charge in [-0.2, -0.15) is 0 Å². The molecule has 0 aliphatic carbocycles. The van der Waals surface area contributed by atoms with Gasteiger partial charge in [0.25, 0.3) is 0 Å². The van der Waals surface area contributed by atoms with E-state index >= 15 is 0 Å². The van der Waals surface area contributed by atoms with Crippen LogP contribution in [0.25, 0.3) is 0 Å². The van der Waals surface area contributed by atoms with Crippen molar-refractivity contribution in [3.8, 4) is 5.75 Å². The first-order valence-corrected chi connectivity index (χ1v) is 6.03. The third-order valence-corrected chi connectivity index (χ3v) is 3.09. The molecule has 0 bridgehead atoms. The molecule has 1 N–H and O–H groups in total. The van der Waals surface area contributed by atoms with E-state index in [1.165, 1.54) is 7.11 Å². The van der Waals surface area contributed by atoms with Crippen LogP contribution >= 0.6 is 11.6 Å². The van der Waals surface area contributed by atoms with E-state index in [0.29, 0.717) is 17.3 Å². The van der Waals surface area contributed by atoms with Crippen molar-refractivity contribution < 1.29 is 14.3 Å². The van der Waals surface area contributed by atoms with Crippen LogP contribution in [0.3, 0.4) is 0 Å². The molecule has 100 valence electrons. The van der Waals surface area contributed by atoms with Gasteiger partial charge in [0.1, 0.15) is 5.75 Å². The molecule has 0 fully saturated rings. The summed E-state index contributed by atoms with van der Waals surface area (Å²) in [5.74, 6) is 0.186. The Morgan fingerprint density at radius 2 is 2.11 bits per heavy atom. The number of carbonyl (C=O) groups is 1. The third kappa shape index (κ3) is 3.53. The zero-order valence-corrected chi connectivity index (χ0v) is 11.8. The molecule has 18 heavy (non-hydrogen) atoms. The van der Waals surface area contributed by atoms with E-state index in [1.54, 1.807) is 20.1 Å². The highest BCUT2D eigenvalue weighted by Gasteiger charge is 2.14. The van der Waals surface area contributed by atoms with Crippen molar-refractivity contribution in [3.05, 3.63) is 22.7 Å². The first-order valence-electron chi connectivity index (χ1n) is 5.65. The van der Waals surface area contributed by atoms with Gasteiger partial charge >= 0.3 is 5.97 Å². The van der Waals surface area contributed by atoms with E-state index in [9.17, 15) is 4.79 Å². The lowest BCUT2D eigenvalue weighted by Gasteiger charge is -2.15. The fraction of sp³-hybridized carbons (Fsp3) is 0.462. The zero-order valence-electron chi connectivity index (χ0n) is 11.0. The highest BCUT2D eigenvalue weighted by atomic mass is 35.5. The molecule has 0 saturated carbocycles. The summed E-state index contributed by atoms with van der Waals surface area (Å²) < 4.78 is 9.91. The quantitative estimate of drug-likeness (QED) is 0.837. The number of nitrogens with one attached hydrogen (secondary N) is 1. The monoisotopic (exact) mass is 271 g/mol. The number of ether oxygens (including phenoxy) is 2. The topological polar surface area (TPSA) is 47.6 Å². The first kappa shape index (κ1) is 14.6. The molecule has 0 aliphatic heterocycles. The Morgan fingerprint density at radius 3 is 2.67 bits per heavy atom. The summed E-state index contributed by atoms with van der Waals surface area (Å²) in [4.78, 5) is 11.3. The van der Waals surface area contributed by atoms with Gasteiger partial charge in [-0.05, 0) is 18.6 Å². The molecule has 1 atom stereocenters. The van der Waals surface area contributed by atoms with Crippen LogP contribution in [0.15, 0.2) is 12.1 Å². The fourth-order valence-corrected chi connectivity index (χ4v) is 1.67. The molecule has 0 aromatic heterocycles. The van der Waals surface area contributed by atoms with Crippen molar-refractivity contribution in [3.63, 3.8) is 0 Å². The minimum atomic E-state index is -0.243. The Balaban J connectivity index is 2.78. The van der Waals surface area contributed by atoms with E-state index in [0.717, 1.165) is 11.3 Å². The SMILES string of the molecule is COC(=O)C(C)CNc1cc(C)c(Cl)cc1OC. The van der Waals surface area contributed by atoms with Crippen LogP contribution in [0.5, 0.6) is 5.75 Å². The van der Waals surface area contributed by atoms with Crippen molar-refractivity contribution in [1.29, 1.82) is 0 Å². The highest BCUT2D eigenvalue weighted by Crippen LogP contribution is 2.30. The van der Waals surface area contributed by atoms with Crippen LogP contribution in [0.1, 0.15) is 12.5 Å². The van der Waals surface area contributed by atoms with E-state index in [4.69, 9.17) is 16.3 Å². The smallest absolute Gasteiger partial charge is 0.310 e. The van der Waals surface area contributed by atoms with E-state index < -0.39 is 0 Å². The molecule has 1 aromatic carbocycles. The average molecular weight is 272 g/mol. The summed E-state index contributed by atoms with van der Waals surface area (Å²) in [6.45, 7) is 4.19. The number of rotatable bonds is 5. The molecule has 1 unspecified atom stereocenters. The van der Waals surface area contributed by atoms with Crippen LogP contribution in [-0.4, -0.2) is 26.7 Å². The Hall–Kier alpha value is -1.42. The van der Waals surface area contributed by atoms with E-state index in [1.807, 2.05) is 13.0 Å². The summed E-state index contributed by atoms with van der Waals surface area (Å²) in [5, 5.41) is 3.81. The molecule has 0 radical (unpaired) electrons. The summed E-state index contributed by atoms with van der Waals surface area (Å²) >= 11 is 6.02. The molecule has 0 spiro atoms. The summed E-state index contributed by atoms with van der Waals surface area (Å²) in [6.07, 6.45) is 0. The van der Waals surface area contributed by atoms with Crippen molar-refractivity contribution in [2.45, 2.75) is 13.8 Å². The van der Waals surface area contributed by atoms with Crippen molar-refractivity contribution >= 4 is 23.3 Å². The van der Waals surface area contributed by atoms with Gasteiger partial charge in [-0.3, -0.25) is 4.79 Å². The lowest BCUT2D eigenvalue weighted by atomic mass is 10.1. The maximum atomic E-state index is 11.3. The van der Waals surface area contributed by atoms with Crippen molar-refractivity contribution in [1.82, 2.24) is 0 Å². The molecular formula is C13H18ClNO3. The number of hydrogen-bond donors (Lipinski definition) is 1. The number of anilines is 1. The van der Waals surface area contributed by atoms with Gasteiger partial charge in [-0.1, -0.05) is 18.5 Å². The number of methoxy groups -OCH3 is 2. The predicted molar refractivity (Wildman–Crippen MR) is 72.4 cm³/mol. The number of esters is 1. The Labute approximate surface area is 112 Å². The van der Waals surface area contributed by atoms with Crippen LogP contribution in [0, 0.1) is 12.8 Å². The molecule has 0 heterocycles. The molecule has 1 aromatic rings. The van der Waals surface area contributed by atoms with Gasteiger partial charge in [0.15, 0.2) is 0 Å². The molecule has 4 nitrogen and oxygen atoms in total. The first-order chi connectivity index (χ1) is 8.49. The number of halogens is 1. The number of benzene rings is 1. The molecular weight excluding hydrogens is 254 g/mol. The second-order valence-electron chi connectivity index (χ2n) is 4.11. The maximum absolute atomic E-state index is 11.3. The lowest BCUT2D eigenvalue weighted by Crippen LogP contribution is -2.21. The minimum absolute atomic E-state index is 0.226. The molecule has 0 aliphatic rings. The molecule has 5 heteroatoms. The Bertz CT molecular complexity index is 434. The number of aryl methyl sites for hydroxylation is 1. The Kier molecular flexibility index (Phi) is 5.28. The van der Waals surface area contributed by atoms with Crippen LogP contribution in [0.2, 0.25) is 5.02 Å². The van der Waals surface area contributed by atoms with Gasteiger partial charge in [-0.15, -0.1) is 0 Å². The summed E-state index contributed by atoms with van der Waals surface area (Å²) in [5.41, 5.74) is 1.76. The molecule has 0 saturated heterocycles. The predicted octanol–water partition coefficient (Wildman–Crippen LogP) is 2.88. The van der Waals surface area contributed by atoms with Gasteiger partial charge in [-0.25, -0.2) is 0 Å². The summed E-state index contributed by atoms with van der Waals surface area (Å²) in [7, 11) is 2.96. The highest BCUT2D eigenvalue weighted by molar-refractivity contribution is 6.31. The largest absolute Gasteiger partial charge is 0.495 e. The van der Waals surface area contributed by atoms with Crippen molar-refractivity contribution in [2.75, 3.05) is 26.1 Å². The maximum Gasteiger partial charge on any atom is 0.310 e. The lowest BCUT2D eigenvalue weighted by molar-refractivity contribution is -0.144. The fourth-order valence-electron chi connectivity index (χ4n) is 1.52. The second-order valence-corrected chi connectivity index (χ2v) is 4.51. The molecule has 1 rings (SSSR count). The van der Waals surface area contributed by atoms with Crippen LogP contribution < -0.4 is 10.1 Å². The number of carbonyl (C=O) groups excluding carboxylic acids is 1. The van der Waals surface area contributed by atoms with Gasteiger partial charge < -0.3 is 14.8 Å². The van der Waals surface area contributed by atoms with Crippen LogP contribution in [0.4, 0.5) is 5.69 Å². The Morgan fingerprint density at radius 1 is 1.44 bits per heavy atom. The second kappa shape index (κ2) is 6.50.